The maximum Gasteiger partial charge on any atom is 0.193 e. The minimum Gasteiger partial charge on any atom is -0.297 e. The summed E-state index contributed by atoms with van der Waals surface area (Å²) in [6, 6.07) is 8.47. The molecular formula is C13H13IN4S. The molecule has 2 aromatic heterocycles. The van der Waals surface area contributed by atoms with E-state index in [9.17, 15) is 0 Å². The normalized spacial score (nSPS) is 12.9. The van der Waals surface area contributed by atoms with Crippen molar-refractivity contribution in [3.63, 3.8) is 0 Å². The summed E-state index contributed by atoms with van der Waals surface area (Å²) >= 11 is 3.94. The molecule has 0 aliphatic heterocycles. The van der Waals surface area contributed by atoms with Crippen molar-refractivity contribution in [1.82, 2.24) is 14.8 Å². The van der Waals surface area contributed by atoms with Crippen LogP contribution in [0.5, 0.6) is 0 Å². The molecule has 4 nitrogen and oxygen atoms in total. The van der Waals surface area contributed by atoms with E-state index >= 15 is 0 Å². The Labute approximate surface area is 128 Å². The van der Waals surface area contributed by atoms with Crippen LogP contribution in [-0.2, 0) is 6.42 Å². The highest BCUT2D eigenvalue weighted by molar-refractivity contribution is 14.1. The minimum atomic E-state index is 0.0848. The fourth-order valence-corrected chi connectivity index (χ4v) is 3.13. The fourth-order valence-electron chi connectivity index (χ4n) is 2.05. The quantitative estimate of drug-likeness (QED) is 0.413. The first-order chi connectivity index (χ1) is 9.26. The number of nitrogens with zero attached hydrogens (tertiary/aromatic N) is 2. The van der Waals surface area contributed by atoms with Gasteiger partial charge in [0.25, 0.3) is 0 Å². The number of thiazole rings is 1. The molecule has 1 aromatic carbocycles. The average molecular weight is 384 g/mol. The van der Waals surface area contributed by atoms with E-state index < -0.39 is 0 Å². The smallest absolute Gasteiger partial charge is 0.193 e. The first-order valence-corrected chi connectivity index (χ1v) is 7.85. The molecule has 1 atom stereocenters. The monoisotopic (exact) mass is 384 g/mol. The molecule has 1 unspecified atom stereocenters. The number of hydrazine groups is 1. The van der Waals surface area contributed by atoms with Gasteiger partial charge in [-0.25, -0.2) is 4.98 Å². The van der Waals surface area contributed by atoms with Crippen LogP contribution in [0.15, 0.2) is 42.0 Å². The highest BCUT2D eigenvalue weighted by Crippen LogP contribution is 2.20. The van der Waals surface area contributed by atoms with Crippen molar-refractivity contribution in [1.29, 1.82) is 0 Å². The Morgan fingerprint density at radius 2 is 2.16 bits per heavy atom. The van der Waals surface area contributed by atoms with Gasteiger partial charge in [0, 0.05) is 27.8 Å². The number of imidazole rings is 1. The lowest BCUT2D eigenvalue weighted by molar-refractivity contribution is 0.547. The van der Waals surface area contributed by atoms with Crippen LogP contribution in [-0.4, -0.2) is 9.38 Å². The molecule has 98 valence electrons. The Kier molecular flexibility index (Phi) is 3.83. The van der Waals surface area contributed by atoms with Crippen molar-refractivity contribution in [2.45, 2.75) is 12.5 Å². The molecule has 2 heterocycles. The Morgan fingerprint density at radius 1 is 1.37 bits per heavy atom. The van der Waals surface area contributed by atoms with E-state index in [2.05, 4.69) is 63.5 Å². The van der Waals surface area contributed by atoms with Gasteiger partial charge in [-0.1, -0.05) is 12.1 Å². The molecule has 3 aromatic rings. The zero-order valence-electron chi connectivity index (χ0n) is 10.1. The summed E-state index contributed by atoms with van der Waals surface area (Å²) < 4.78 is 3.27. The highest BCUT2D eigenvalue weighted by atomic mass is 127. The van der Waals surface area contributed by atoms with Crippen LogP contribution in [0.4, 0.5) is 0 Å². The van der Waals surface area contributed by atoms with Gasteiger partial charge in [-0.15, -0.1) is 11.3 Å². The van der Waals surface area contributed by atoms with Crippen LogP contribution >= 0.6 is 33.9 Å². The van der Waals surface area contributed by atoms with Crippen molar-refractivity contribution >= 4 is 38.9 Å². The zero-order valence-corrected chi connectivity index (χ0v) is 13.1. The van der Waals surface area contributed by atoms with Crippen LogP contribution in [0.3, 0.4) is 0 Å². The van der Waals surface area contributed by atoms with Gasteiger partial charge in [0.1, 0.15) is 0 Å². The van der Waals surface area contributed by atoms with E-state index in [0.29, 0.717) is 0 Å². The fraction of sp³-hybridized carbons (Fsp3) is 0.154. The summed E-state index contributed by atoms with van der Waals surface area (Å²) in [6.45, 7) is 0. The van der Waals surface area contributed by atoms with Crippen LogP contribution in [0.2, 0.25) is 0 Å². The van der Waals surface area contributed by atoms with Gasteiger partial charge in [-0.2, -0.15) is 0 Å². The van der Waals surface area contributed by atoms with Crippen molar-refractivity contribution < 1.29 is 0 Å². The van der Waals surface area contributed by atoms with E-state index in [4.69, 9.17) is 5.84 Å². The molecule has 0 bridgehead atoms. The van der Waals surface area contributed by atoms with Gasteiger partial charge in [-0.3, -0.25) is 15.7 Å². The Hall–Kier alpha value is -0.960. The number of rotatable bonds is 4. The molecule has 0 amide bonds. The lowest BCUT2D eigenvalue weighted by Gasteiger charge is -2.15. The second kappa shape index (κ2) is 5.58. The molecule has 0 aliphatic rings. The lowest BCUT2D eigenvalue weighted by atomic mass is 10.0. The summed E-state index contributed by atoms with van der Waals surface area (Å²) in [7, 11) is 0. The molecule has 0 radical (unpaired) electrons. The van der Waals surface area contributed by atoms with Crippen LogP contribution in [0, 0.1) is 3.57 Å². The highest BCUT2D eigenvalue weighted by Gasteiger charge is 2.13. The zero-order chi connectivity index (χ0) is 13.2. The summed E-state index contributed by atoms with van der Waals surface area (Å²) in [5, 5.41) is 2.03. The molecular weight excluding hydrogens is 371 g/mol. The Morgan fingerprint density at radius 3 is 2.84 bits per heavy atom. The van der Waals surface area contributed by atoms with Crippen molar-refractivity contribution in [3.8, 4) is 0 Å². The third kappa shape index (κ3) is 2.81. The van der Waals surface area contributed by atoms with E-state index in [1.54, 1.807) is 11.3 Å². The molecule has 3 rings (SSSR count). The van der Waals surface area contributed by atoms with Crippen molar-refractivity contribution in [3.05, 3.63) is 56.9 Å². The topological polar surface area (TPSA) is 55.3 Å². The van der Waals surface area contributed by atoms with Gasteiger partial charge in [0.05, 0.1) is 11.7 Å². The van der Waals surface area contributed by atoms with Crippen LogP contribution in [0.25, 0.3) is 4.96 Å². The summed E-state index contributed by atoms with van der Waals surface area (Å²) in [6.07, 6.45) is 4.86. The maximum absolute atomic E-state index is 5.68. The second-order valence-corrected chi connectivity index (χ2v) is 6.42. The predicted molar refractivity (Wildman–Crippen MR) is 86.0 cm³/mol. The first-order valence-electron chi connectivity index (χ1n) is 5.89. The van der Waals surface area contributed by atoms with E-state index in [1.165, 1.54) is 9.13 Å². The van der Waals surface area contributed by atoms with Crippen molar-refractivity contribution in [2.75, 3.05) is 0 Å². The lowest BCUT2D eigenvalue weighted by Crippen LogP contribution is -2.29. The van der Waals surface area contributed by atoms with Gasteiger partial charge >= 0.3 is 0 Å². The molecule has 19 heavy (non-hydrogen) atoms. The number of benzene rings is 1. The van der Waals surface area contributed by atoms with Gasteiger partial charge in [0.2, 0.25) is 0 Å². The SMILES string of the molecule is NNC(Cc1cn2ccsc2n1)c1ccc(I)cc1. The molecule has 0 aliphatic carbocycles. The predicted octanol–water partition coefficient (Wildman–Crippen LogP) is 2.75. The summed E-state index contributed by atoms with van der Waals surface area (Å²) in [5.41, 5.74) is 5.10. The van der Waals surface area contributed by atoms with Gasteiger partial charge in [0.15, 0.2) is 4.96 Å². The third-order valence-corrected chi connectivity index (χ3v) is 4.52. The Bertz CT molecular complexity index is 645. The largest absolute Gasteiger partial charge is 0.297 e. The molecule has 0 fully saturated rings. The van der Waals surface area contributed by atoms with Gasteiger partial charge < -0.3 is 0 Å². The number of halogens is 1. The van der Waals surface area contributed by atoms with Gasteiger partial charge in [-0.05, 0) is 40.3 Å². The van der Waals surface area contributed by atoms with E-state index in [-0.39, 0.29) is 6.04 Å². The first kappa shape index (κ1) is 13.0. The summed E-state index contributed by atoms with van der Waals surface area (Å²) in [5.74, 6) is 5.68. The number of nitrogens with one attached hydrogen (secondary N) is 1. The second-order valence-electron chi connectivity index (χ2n) is 4.30. The molecule has 0 saturated heterocycles. The van der Waals surface area contributed by atoms with E-state index in [0.717, 1.165) is 17.1 Å². The molecule has 3 N–H and O–H groups in total. The van der Waals surface area contributed by atoms with Crippen molar-refractivity contribution in [2.24, 2.45) is 5.84 Å². The van der Waals surface area contributed by atoms with Crippen LogP contribution in [0.1, 0.15) is 17.3 Å². The summed E-state index contributed by atoms with van der Waals surface area (Å²) in [4.78, 5) is 5.61. The number of aromatic nitrogens is 2. The van der Waals surface area contributed by atoms with Crippen LogP contribution < -0.4 is 11.3 Å². The Balaban J connectivity index is 1.83. The number of nitrogens with two attached hydrogens (primary N) is 1. The molecule has 0 saturated carbocycles. The molecule has 0 spiro atoms. The number of hydrogen-bond acceptors (Lipinski definition) is 4. The number of hydrogen-bond donors (Lipinski definition) is 2. The standard InChI is InChI=1S/C13H13IN4S/c14-10-3-1-9(2-4-10)12(17-15)7-11-8-18-5-6-19-13(18)16-11/h1-6,8,12,17H,7,15H2. The third-order valence-electron chi connectivity index (χ3n) is 3.03. The average Bonchev–Trinajstić information content (AvgIpc) is 2.98. The molecule has 6 heteroatoms. The van der Waals surface area contributed by atoms with E-state index in [1.807, 2.05) is 16.0 Å². The maximum atomic E-state index is 5.68. The minimum absolute atomic E-state index is 0.0848. The number of fused-ring (bicyclic) bond motifs is 1.